The first-order chi connectivity index (χ1) is 10.1. The van der Waals surface area contributed by atoms with Crippen molar-refractivity contribution in [3.05, 3.63) is 65.2 Å². The number of anilines is 1. The van der Waals surface area contributed by atoms with E-state index in [0.29, 0.717) is 17.3 Å². The maximum atomic E-state index is 13.5. The van der Waals surface area contributed by atoms with Crippen LogP contribution in [-0.2, 0) is 0 Å². The van der Waals surface area contributed by atoms with E-state index in [1.807, 2.05) is 0 Å². The minimum Gasteiger partial charge on any atom is -0.322 e. The first kappa shape index (κ1) is 14.7. The predicted molar refractivity (Wildman–Crippen MR) is 76.7 cm³/mol. The summed E-state index contributed by atoms with van der Waals surface area (Å²) in [6, 6.07) is 9.54. The molecule has 106 valence electrons. The molecule has 3 nitrogen and oxygen atoms in total. The molecule has 0 aliphatic heterocycles. The quantitative estimate of drug-likeness (QED) is 0.834. The zero-order valence-electron chi connectivity index (χ0n) is 11.0. The van der Waals surface area contributed by atoms with Gasteiger partial charge in [0.15, 0.2) is 0 Å². The van der Waals surface area contributed by atoms with Crippen LogP contribution in [0.3, 0.4) is 0 Å². The lowest BCUT2D eigenvalue weighted by Crippen LogP contribution is -2.14. The number of benzene rings is 2. The molecule has 2 aromatic carbocycles. The molecule has 0 aromatic heterocycles. The van der Waals surface area contributed by atoms with E-state index in [4.69, 9.17) is 5.73 Å². The Morgan fingerprint density at radius 3 is 2.71 bits per heavy atom. The topological polar surface area (TPSA) is 55.1 Å². The Labute approximate surface area is 120 Å². The van der Waals surface area contributed by atoms with Crippen LogP contribution >= 0.6 is 0 Å². The fraction of sp³-hybridized carbons (Fsp3) is 0.0625. The molecule has 0 bridgehead atoms. The van der Waals surface area contributed by atoms with Crippen molar-refractivity contribution in [2.24, 2.45) is 5.73 Å². The maximum Gasteiger partial charge on any atom is 0.258 e. The molecule has 2 aromatic rings. The van der Waals surface area contributed by atoms with Gasteiger partial charge in [-0.05, 0) is 30.3 Å². The van der Waals surface area contributed by atoms with Gasteiger partial charge in [0.05, 0.1) is 12.1 Å². The molecule has 0 aliphatic rings. The maximum absolute atomic E-state index is 13.5. The number of nitrogens with one attached hydrogen (secondary N) is 1. The molecule has 1 amide bonds. The monoisotopic (exact) mass is 286 g/mol. The molecule has 21 heavy (non-hydrogen) atoms. The summed E-state index contributed by atoms with van der Waals surface area (Å²) in [6.45, 7) is 0.234. The molecule has 0 saturated heterocycles. The second-order valence-electron chi connectivity index (χ2n) is 4.16. The number of carbonyl (C=O) groups excluding carboxylic acids is 1. The molecule has 0 unspecified atom stereocenters. The van der Waals surface area contributed by atoms with E-state index in [1.165, 1.54) is 0 Å². The zero-order valence-corrected chi connectivity index (χ0v) is 11.0. The van der Waals surface area contributed by atoms with Crippen molar-refractivity contribution in [3.63, 3.8) is 0 Å². The average molecular weight is 286 g/mol. The standard InChI is InChI=1S/C16H12F2N2O/c17-12-6-7-14(15(18)10-12)16(21)20-13-5-1-3-11(9-13)4-2-8-19/h1,3,5-7,9-10H,8,19H2,(H,20,21). The molecule has 2 rings (SSSR count). The van der Waals surface area contributed by atoms with Gasteiger partial charge in [-0.2, -0.15) is 0 Å². The zero-order chi connectivity index (χ0) is 15.2. The third-order valence-electron chi connectivity index (χ3n) is 2.63. The van der Waals surface area contributed by atoms with Gasteiger partial charge in [-0.1, -0.05) is 17.9 Å². The molecule has 0 fully saturated rings. The number of hydrogen-bond donors (Lipinski definition) is 2. The lowest BCUT2D eigenvalue weighted by atomic mass is 10.1. The summed E-state index contributed by atoms with van der Waals surface area (Å²) in [7, 11) is 0. The average Bonchev–Trinajstić information content (AvgIpc) is 2.45. The Kier molecular flexibility index (Phi) is 4.64. The van der Waals surface area contributed by atoms with Crippen molar-refractivity contribution in [3.8, 4) is 11.8 Å². The molecule has 0 atom stereocenters. The van der Waals surface area contributed by atoms with Gasteiger partial charge in [-0.3, -0.25) is 4.79 Å². The summed E-state index contributed by atoms with van der Waals surface area (Å²) < 4.78 is 26.3. The SMILES string of the molecule is NCC#Cc1cccc(NC(=O)c2ccc(F)cc2F)c1. The number of halogens is 2. The number of rotatable bonds is 2. The Morgan fingerprint density at radius 1 is 1.19 bits per heavy atom. The molecule has 5 heteroatoms. The van der Waals surface area contributed by atoms with Crippen molar-refractivity contribution >= 4 is 11.6 Å². The van der Waals surface area contributed by atoms with Crippen LogP contribution in [0.4, 0.5) is 14.5 Å². The summed E-state index contributed by atoms with van der Waals surface area (Å²) in [5, 5.41) is 2.53. The highest BCUT2D eigenvalue weighted by Gasteiger charge is 2.12. The second-order valence-corrected chi connectivity index (χ2v) is 4.16. The summed E-state index contributed by atoms with van der Waals surface area (Å²) in [6.07, 6.45) is 0. The normalized spacial score (nSPS) is 9.67. The van der Waals surface area contributed by atoms with Gasteiger partial charge in [-0.25, -0.2) is 8.78 Å². The van der Waals surface area contributed by atoms with Crippen LogP contribution in [0.1, 0.15) is 15.9 Å². The van der Waals surface area contributed by atoms with Crippen LogP contribution in [0.2, 0.25) is 0 Å². The lowest BCUT2D eigenvalue weighted by Gasteiger charge is -2.06. The highest BCUT2D eigenvalue weighted by molar-refractivity contribution is 6.04. The lowest BCUT2D eigenvalue weighted by molar-refractivity contribution is 0.102. The van der Waals surface area contributed by atoms with Gasteiger partial charge < -0.3 is 11.1 Å². The minimum atomic E-state index is -0.911. The van der Waals surface area contributed by atoms with E-state index in [0.717, 1.165) is 12.1 Å². The molecule has 0 saturated carbocycles. The van der Waals surface area contributed by atoms with Crippen molar-refractivity contribution < 1.29 is 13.6 Å². The fourth-order valence-electron chi connectivity index (χ4n) is 1.70. The van der Waals surface area contributed by atoms with Gasteiger partial charge >= 0.3 is 0 Å². The second kappa shape index (κ2) is 6.64. The minimum absolute atomic E-state index is 0.227. The molecular formula is C16H12F2N2O. The third kappa shape index (κ3) is 3.88. The van der Waals surface area contributed by atoms with Gasteiger partial charge in [0.1, 0.15) is 11.6 Å². The number of amides is 1. The van der Waals surface area contributed by atoms with Crippen LogP contribution in [0, 0.1) is 23.5 Å². The van der Waals surface area contributed by atoms with Crippen LogP contribution in [0.15, 0.2) is 42.5 Å². The van der Waals surface area contributed by atoms with Crippen molar-refractivity contribution in [2.75, 3.05) is 11.9 Å². The van der Waals surface area contributed by atoms with Crippen molar-refractivity contribution in [2.45, 2.75) is 0 Å². The Morgan fingerprint density at radius 2 is 2.00 bits per heavy atom. The fourth-order valence-corrected chi connectivity index (χ4v) is 1.70. The van der Waals surface area contributed by atoms with Crippen LogP contribution in [0.25, 0.3) is 0 Å². The van der Waals surface area contributed by atoms with Gasteiger partial charge in [0.2, 0.25) is 0 Å². The summed E-state index contributed by atoms with van der Waals surface area (Å²) >= 11 is 0. The molecule has 0 radical (unpaired) electrons. The van der Waals surface area contributed by atoms with Crippen LogP contribution < -0.4 is 11.1 Å². The number of nitrogens with two attached hydrogens (primary N) is 1. The van der Waals surface area contributed by atoms with Crippen LogP contribution in [-0.4, -0.2) is 12.5 Å². The molecule has 3 N–H and O–H groups in total. The number of hydrogen-bond acceptors (Lipinski definition) is 2. The van der Waals surface area contributed by atoms with E-state index in [2.05, 4.69) is 17.2 Å². The van der Waals surface area contributed by atoms with Gasteiger partial charge in [0.25, 0.3) is 5.91 Å². The molecule has 0 heterocycles. The largest absolute Gasteiger partial charge is 0.322 e. The first-order valence-corrected chi connectivity index (χ1v) is 6.15. The number of carbonyl (C=O) groups is 1. The summed E-state index contributed by atoms with van der Waals surface area (Å²) in [5.41, 5.74) is 6.20. The van der Waals surface area contributed by atoms with Crippen molar-refractivity contribution in [1.82, 2.24) is 0 Å². The molecule has 0 spiro atoms. The van der Waals surface area contributed by atoms with Gasteiger partial charge in [-0.15, -0.1) is 0 Å². The highest BCUT2D eigenvalue weighted by Crippen LogP contribution is 2.14. The predicted octanol–water partition coefficient (Wildman–Crippen LogP) is 2.53. The van der Waals surface area contributed by atoms with Gasteiger partial charge in [0, 0.05) is 17.3 Å². The molecule has 0 aliphatic carbocycles. The van der Waals surface area contributed by atoms with Crippen molar-refractivity contribution in [1.29, 1.82) is 0 Å². The first-order valence-electron chi connectivity index (χ1n) is 6.15. The Hall–Kier alpha value is -2.71. The van der Waals surface area contributed by atoms with E-state index < -0.39 is 17.5 Å². The Bertz CT molecular complexity index is 733. The summed E-state index contributed by atoms with van der Waals surface area (Å²) in [5.74, 6) is 3.22. The van der Waals surface area contributed by atoms with E-state index in [9.17, 15) is 13.6 Å². The molecular weight excluding hydrogens is 274 g/mol. The van der Waals surface area contributed by atoms with Crippen LogP contribution in [0.5, 0.6) is 0 Å². The smallest absolute Gasteiger partial charge is 0.258 e. The summed E-state index contributed by atoms with van der Waals surface area (Å²) in [4.78, 5) is 11.9. The van der Waals surface area contributed by atoms with E-state index >= 15 is 0 Å². The van der Waals surface area contributed by atoms with E-state index in [-0.39, 0.29) is 12.1 Å². The third-order valence-corrected chi connectivity index (χ3v) is 2.63. The van der Waals surface area contributed by atoms with E-state index in [1.54, 1.807) is 24.3 Å². The highest BCUT2D eigenvalue weighted by atomic mass is 19.1. The Balaban J connectivity index is 2.19.